The molecule has 108 valence electrons. The van der Waals surface area contributed by atoms with Crippen LogP contribution in [0.15, 0.2) is 30.6 Å². The van der Waals surface area contributed by atoms with Crippen LogP contribution in [0.25, 0.3) is 0 Å². The molecule has 1 N–H and O–H groups in total. The van der Waals surface area contributed by atoms with Crippen LogP contribution in [0.1, 0.15) is 40.5 Å². The van der Waals surface area contributed by atoms with Gasteiger partial charge in [-0.15, -0.1) is 0 Å². The molecule has 1 fully saturated rings. The third kappa shape index (κ3) is 3.52. The number of nitrogens with one attached hydrogen (secondary N) is 1. The van der Waals surface area contributed by atoms with Gasteiger partial charge in [-0.05, 0) is 37.1 Å². The van der Waals surface area contributed by atoms with Crippen molar-refractivity contribution in [2.45, 2.75) is 25.3 Å². The highest BCUT2D eigenvalue weighted by Gasteiger charge is 2.25. The van der Waals surface area contributed by atoms with Crippen LogP contribution in [0, 0.1) is 0 Å². The van der Waals surface area contributed by atoms with Crippen molar-refractivity contribution >= 4 is 29.1 Å². The number of carbonyl (C=O) groups is 1. The lowest BCUT2D eigenvalue weighted by Crippen LogP contribution is -2.23. The number of nitrogens with zero attached hydrogens (tertiary/aromatic N) is 2. The Balaban J connectivity index is 1.68. The molecule has 0 aliphatic heterocycles. The van der Waals surface area contributed by atoms with Crippen LogP contribution in [-0.4, -0.2) is 15.9 Å². The standard InChI is InChI=1S/C15H13Cl2N3O/c16-10-3-4-13(17)12(5-10)15(21)18-7-11-6-14(9-1-2-9)20-8-19-11/h3-6,8-9H,1-2,7H2,(H,18,21). The van der Waals surface area contributed by atoms with Gasteiger partial charge in [-0.25, -0.2) is 9.97 Å². The summed E-state index contributed by atoms with van der Waals surface area (Å²) in [4.78, 5) is 20.5. The zero-order chi connectivity index (χ0) is 14.8. The molecule has 1 aliphatic carbocycles. The first-order valence-corrected chi connectivity index (χ1v) is 7.43. The van der Waals surface area contributed by atoms with Crippen molar-refractivity contribution in [3.8, 4) is 0 Å². The summed E-state index contributed by atoms with van der Waals surface area (Å²) in [5.41, 5.74) is 2.20. The fraction of sp³-hybridized carbons (Fsp3) is 0.267. The number of halogens is 2. The van der Waals surface area contributed by atoms with E-state index in [1.165, 1.54) is 12.8 Å². The highest BCUT2D eigenvalue weighted by molar-refractivity contribution is 6.35. The molecule has 6 heteroatoms. The fourth-order valence-electron chi connectivity index (χ4n) is 2.05. The first kappa shape index (κ1) is 14.3. The van der Waals surface area contributed by atoms with E-state index in [1.807, 2.05) is 6.07 Å². The van der Waals surface area contributed by atoms with Gasteiger partial charge in [0.25, 0.3) is 5.91 Å². The van der Waals surface area contributed by atoms with E-state index < -0.39 is 0 Å². The van der Waals surface area contributed by atoms with Crippen LogP contribution in [0.4, 0.5) is 0 Å². The third-order valence-electron chi connectivity index (χ3n) is 3.34. The molecule has 1 saturated carbocycles. The molecule has 1 heterocycles. The van der Waals surface area contributed by atoms with Crippen molar-refractivity contribution < 1.29 is 4.79 Å². The molecular formula is C15H13Cl2N3O. The lowest BCUT2D eigenvalue weighted by molar-refractivity contribution is 0.0950. The van der Waals surface area contributed by atoms with Crippen LogP contribution in [-0.2, 0) is 6.54 Å². The number of amides is 1. The summed E-state index contributed by atoms with van der Waals surface area (Å²) in [5.74, 6) is 0.291. The largest absolute Gasteiger partial charge is 0.346 e. The Kier molecular flexibility index (Phi) is 4.08. The summed E-state index contributed by atoms with van der Waals surface area (Å²) in [6.07, 6.45) is 3.91. The van der Waals surface area contributed by atoms with Gasteiger partial charge in [0, 0.05) is 16.6 Å². The van der Waals surface area contributed by atoms with Gasteiger partial charge in [0.2, 0.25) is 0 Å². The van der Waals surface area contributed by atoms with Crippen LogP contribution >= 0.6 is 23.2 Å². The molecule has 21 heavy (non-hydrogen) atoms. The van der Waals surface area contributed by atoms with Gasteiger partial charge >= 0.3 is 0 Å². The minimum absolute atomic E-state index is 0.269. The van der Waals surface area contributed by atoms with Gasteiger partial charge in [0.15, 0.2) is 0 Å². The van der Waals surface area contributed by atoms with Crippen LogP contribution < -0.4 is 5.32 Å². The van der Waals surface area contributed by atoms with Crippen molar-refractivity contribution in [3.05, 3.63) is 57.6 Å². The molecule has 0 saturated heterocycles. The predicted octanol–water partition coefficient (Wildman–Crippen LogP) is 3.59. The van der Waals surface area contributed by atoms with Gasteiger partial charge in [0.1, 0.15) is 6.33 Å². The summed E-state index contributed by atoms with van der Waals surface area (Å²) in [6.45, 7) is 0.337. The molecule has 1 aromatic carbocycles. The highest BCUT2D eigenvalue weighted by atomic mass is 35.5. The molecule has 1 aromatic heterocycles. The van der Waals surface area contributed by atoms with Crippen molar-refractivity contribution in [2.24, 2.45) is 0 Å². The van der Waals surface area contributed by atoms with Crippen molar-refractivity contribution in [1.82, 2.24) is 15.3 Å². The van der Waals surface area contributed by atoms with E-state index in [2.05, 4.69) is 15.3 Å². The first-order chi connectivity index (χ1) is 10.1. The van der Waals surface area contributed by atoms with Crippen LogP contribution in [0.2, 0.25) is 10.0 Å². The molecular weight excluding hydrogens is 309 g/mol. The number of aromatic nitrogens is 2. The maximum atomic E-state index is 12.1. The second-order valence-corrected chi connectivity index (χ2v) is 5.86. The van der Waals surface area contributed by atoms with Crippen LogP contribution in [0.3, 0.4) is 0 Å². The smallest absolute Gasteiger partial charge is 0.253 e. The average molecular weight is 322 g/mol. The normalized spacial score (nSPS) is 14.0. The van der Waals surface area contributed by atoms with Gasteiger partial charge in [-0.2, -0.15) is 0 Å². The molecule has 0 unspecified atom stereocenters. The Labute approximate surface area is 132 Å². The Hall–Kier alpha value is -1.65. The zero-order valence-corrected chi connectivity index (χ0v) is 12.7. The number of benzene rings is 1. The SMILES string of the molecule is O=C(NCc1cc(C2CC2)ncn1)c1cc(Cl)ccc1Cl. The highest BCUT2D eigenvalue weighted by Crippen LogP contribution is 2.38. The second kappa shape index (κ2) is 6.00. The van der Waals surface area contributed by atoms with Gasteiger partial charge in [-0.3, -0.25) is 4.79 Å². The Bertz CT molecular complexity index is 686. The molecule has 0 bridgehead atoms. The van der Waals surface area contributed by atoms with Gasteiger partial charge < -0.3 is 5.32 Å². The maximum absolute atomic E-state index is 12.1. The molecule has 0 spiro atoms. The third-order valence-corrected chi connectivity index (χ3v) is 3.91. The van der Waals surface area contributed by atoms with Crippen molar-refractivity contribution in [2.75, 3.05) is 0 Å². The minimum atomic E-state index is -0.269. The predicted molar refractivity (Wildman–Crippen MR) is 81.6 cm³/mol. The quantitative estimate of drug-likeness (QED) is 0.936. The lowest BCUT2D eigenvalue weighted by Gasteiger charge is -2.07. The number of hydrogen-bond donors (Lipinski definition) is 1. The van der Waals surface area contributed by atoms with E-state index in [1.54, 1.807) is 24.5 Å². The molecule has 2 aromatic rings. The zero-order valence-electron chi connectivity index (χ0n) is 11.1. The number of carbonyl (C=O) groups excluding carboxylic acids is 1. The summed E-state index contributed by atoms with van der Waals surface area (Å²) in [5, 5.41) is 3.65. The van der Waals surface area contributed by atoms with E-state index in [4.69, 9.17) is 23.2 Å². The molecule has 0 atom stereocenters. The second-order valence-electron chi connectivity index (χ2n) is 5.02. The number of hydrogen-bond acceptors (Lipinski definition) is 3. The lowest BCUT2D eigenvalue weighted by atomic mass is 10.2. The molecule has 3 rings (SSSR count). The minimum Gasteiger partial charge on any atom is -0.346 e. The summed E-state index contributed by atoms with van der Waals surface area (Å²) >= 11 is 11.9. The fourth-order valence-corrected chi connectivity index (χ4v) is 2.43. The number of rotatable bonds is 4. The monoisotopic (exact) mass is 321 g/mol. The molecule has 4 nitrogen and oxygen atoms in total. The van der Waals surface area contributed by atoms with E-state index in [-0.39, 0.29) is 5.91 Å². The summed E-state index contributed by atoms with van der Waals surface area (Å²) < 4.78 is 0. The van der Waals surface area contributed by atoms with E-state index in [9.17, 15) is 4.79 Å². The van der Waals surface area contributed by atoms with Crippen LogP contribution in [0.5, 0.6) is 0 Å². The Morgan fingerprint density at radius 1 is 1.24 bits per heavy atom. The first-order valence-electron chi connectivity index (χ1n) is 6.67. The summed E-state index contributed by atoms with van der Waals surface area (Å²) in [6, 6.07) is 6.74. The maximum Gasteiger partial charge on any atom is 0.253 e. The van der Waals surface area contributed by atoms with Crippen molar-refractivity contribution in [1.29, 1.82) is 0 Å². The van der Waals surface area contributed by atoms with Gasteiger partial charge in [0.05, 0.1) is 22.8 Å². The van der Waals surface area contributed by atoms with E-state index >= 15 is 0 Å². The van der Waals surface area contributed by atoms with E-state index in [0.29, 0.717) is 28.1 Å². The molecule has 1 aliphatic rings. The van der Waals surface area contributed by atoms with E-state index in [0.717, 1.165) is 11.4 Å². The average Bonchev–Trinajstić information content (AvgIpc) is 3.32. The molecule has 1 amide bonds. The Morgan fingerprint density at radius 3 is 2.81 bits per heavy atom. The van der Waals surface area contributed by atoms with Gasteiger partial charge in [-0.1, -0.05) is 23.2 Å². The summed E-state index contributed by atoms with van der Waals surface area (Å²) in [7, 11) is 0. The Morgan fingerprint density at radius 2 is 2.05 bits per heavy atom. The topological polar surface area (TPSA) is 54.9 Å². The van der Waals surface area contributed by atoms with Crippen molar-refractivity contribution in [3.63, 3.8) is 0 Å². The molecule has 0 radical (unpaired) electrons.